The van der Waals surface area contributed by atoms with Gasteiger partial charge < -0.3 is 9.47 Å². The predicted octanol–water partition coefficient (Wildman–Crippen LogP) is 2.56. The van der Waals surface area contributed by atoms with Crippen molar-refractivity contribution in [1.82, 2.24) is 0 Å². The first-order chi connectivity index (χ1) is 9.19. The van der Waals surface area contributed by atoms with E-state index in [2.05, 4.69) is 0 Å². The lowest BCUT2D eigenvalue weighted by atomic mass is 9.62. The van der Waals surface area contributed by atoms with Gasteiger partial charge in [-0.05, 0) is 30.6 Å². The monoisotopic (exact) mass is 268 g/mol. The number of fused-ring (bicyclic) bond motifs is 1. The Kier molecular flexibility index (Phi) is 4.83. The minimum absolute atomic E-state index is 0.110. The minimum atomic E-state index is -0.721. The number of methoxy groups -OCH3 is 2. The molecule has 2 aliphatic rings. The summed E-state index contributed by atoms with van der Waals surface area (Å²) in [6.45, 7) is 0. The Morgan fingerprint density at radius 3 is 2.11 bits per heavy atom. The molecule has 19 heavy (non-hydrogen) atoms. The van der Waals surface area contributed by atoms with Gasteiger partial charge in [-0.1, -0.05) is 32.1 Å². The first kappa shape index (κ1) is 14.4. The van der Waals surface area contributed by atoms with Gasteiger partial charge in [0.05, 0.1) is 14.2 Å². The molecule has 0 aromatic heterocycles. The largest absolute Gasteiger partial charge is 0.468 e. The molecule has 0 radical (unpaired) electrons. The lowest BCUT2D eigenvalue weighted by Crippen LogP contribution is -2.42. The van der Waals surface area contributed by atoms with E-state index < -0.39 is 17.9 Å². The summed E-state index contributed by atoms with van der Waals surface area (Å²) in [5.74, 6) is -0.291. The van der Waals surface area contributed by atoms with Gasteiger partial charge in [0.15, 0.2) is 5.92 Å². The van der Waals surface area contributed by atoms with Crippen molar-refractivity contribution in [2.24, 2.45) is 23.7 Å². The summed E-state index contributed by atoms with van der Waals surface area (Å²) in [5, 5.41) is 0. The van der Waals surface area contributed by atoms with Gasteiger partial charge in [-0.25, -0.2) is 0 Å². The SMILES string of the molecule is COC(=O)C(C(=O)OC)C1CCCC2CCCCC21. The first-order valence-corrected chi connectivity index (χ1v) is 7.34. The zero-order chi connectivity index (χ0) is 13.8. The van der Waals surface area contributed by atoms with Crippen molar-refractivity contribution >= 4 is 11.9 Å². The van der Waals surface area contributed by atoms with E-state index in [9.17, 15) is 9.59 Å². The van der Waals surface area contributed by atoms with Crippen LogP contribution in [0.15, 0.2) is 0 Å². The Morgan fingerprint density at radius 1 is 0.895 bits per heavy atom. The molecule has 0 aliphatic heterocycles. The van der Waals surface area contributed by atoms with Gasteiger partial charge in [0.1, 0.15) is 0 Å². The van der Waals surface area contributed by atoms with Gasteiger partial charge in [0, 0.05) is 0 Å². The first-order valence-electron chi connectivity index (χ1n) is 7.34. The number of esters is 2. The molecule has 0 saturated heterocycles. The van der Waals surface area contributed by atoms with Crippen LogP contribution >= 0.6 is 0 Å². The van der Waals surface area contributed by atoms with Crippen LogP contribution in [0.3, 0.4) is 0 Å². The standard InChI is InChI=1S/C15H24O4/c1-18-14(16)13(15(17)19-2)12-9-5-7-10-6-3-4-8-11(10)12/h10-13H,3-9H2,1-2H3. The van der Waals surface area contributed by atoms with Gasteiger partial charge in [0.2, 0.25) is 0 Å². The van der Waals surface area contributed by atoms with Crippen molar-refractivity contribution in [3.63, 3.8) is 0 Å². The maximum Gasteiger partial charge on any atom is 0.320 e. The van der Waals surface area contributed by atoms with E-state index in [0.29, 0.717) is 11.8 Å². The summed E-state index contributed by atoms with van der Waals surface area (Å²) >= 11 is 0. The third-order valence-corrected chi connectivity index (χ3v) is 4.97. The van der Waals surface area contributed by atoms with Crippen LogP contribution in [0.5, 0.6) is 0 Å². The highest BCUT2D eigenvalue weighted by Crippen LogP contribution is 2.46. The molecule has 4 nitrogen and oxygen atoms in total. The molecular formula is C15H24O4. The summed E-state index contributed by atoms with van der Waals surface area (Å²) in [6, 6.07) is 0. The Labute approximate surface area is 114 Å². The van der Waals surface area contributed by atoms with Gasteiger partial charge in [-0.3, -0.25) is 9.59 Å². The molecule has 0 spiro atoms. The van der Waals surface area contributed by atoms with Crippen molar-refractivity contribution in [2.75, 3.05) is 14.2 Å². The zero-order valence-corrected chi connectivity index (χ0v) is 11.9. The fourth-order valence-corrected chi connectivity index (χ4v) is 4.10. The normalized spacial score (nSPS) is 30.6. The van der Waals surface area contributed by atoms with Crippen LogP contribution < -0.4 is 0 Å². The highest BCUT2D eigenvalue weighted by atomic mass is 16.5. The van der Waals surface area contributed by atoms with E-state index in [0.717, 1.165) is 19.3 Å². The van der Waals surface area contributed by atoms with Gasteiger partial charge in [-0.15, -0.1) is 0 Å². The molecule has 2 saturated carbocycles. The fraction of sp³-hybridized carbons (Fsp3) is 0.867. The molecule has 0 aromatic rings. The third-order valence-electron chi connectivity index (χ3n) is 4.97. The Morgan fingerprint density at radius 2 is 1.47 bits per heavy atom. The number of carbonyl (C=O) groups excluding carboxylic acids is 2. The molecule has 0 bridgehead atoms. The van der Waals surface area contributed by atoms with Crippen molar-refractivity contribution in [3.8, 4) is 0 Å². The summed E-state index contributed by atoms with van der Waals surface area (Å²) in [6.07, 6.45) is 8.18. The Hall–Kier alpha value is -1.06. The van der Waals surface area contributed by atoms with E-state index in [1.165, 1.54) is 39.9 Å². The van der Waals surface area contributed by atoms with Crippen molar-refractivity contribution in [3.05, 3.63) is 0 Å². The van der Waals surface area contributed by atoms with E-state index in [1.807, 2.05) is 0 Å². The molecule has 2 fully saturated rings. The number of rotatable bonds is 3. The van der Waals surface area contributed by atoms with Crippen LogP contribution in [0, 0.1) is 23.7 Å². The van der Waals surface area contributed by atoms with Crippen LogP contribution in [-0.2, 0) is 19.1 Å². The maximum atomic E-state index is 12.0. The van der Waals surface area contributed by atoms with Gasteiger partial charge in [-0.2, -0.15) is 0 Å². The van der Waals surface area contributed by atoms with Crippen LogP contribution in [0.2, 0.25) is 0 Å². The fourth-order valence-electron chi connectivity index (χ4n) is 4.10. The Balaban J connectivity index is 2.18. The number of hydrogen-bond acceptors (Lipinski definition) is 4. The van der Waals surface area contributed by atoms with Gasteiger partial charge >= 0.3 is 11.9 Å². The lowest BCUT2D eigenvalue weighted by Gasteiger charge is -2.43. The summed E-state index contributed by atoms with van der Waals surface area (Å²) in [4.78, 5) is 23.9. The summed E-state index contributed by atoms with van der Waals surface area (Å²) in [7, 11) is 2.69. The quantitative estimate of drug-likeness (QED) is 0.583. The highest BCUT2D eigenvalue weighted by molar-refractivity contribution is 5.95. The second kappa shape index (κ2) is 6.40. The van der Waals surface area contributed by atoms with Crippen molar-refractivity contribution < 1.29 is 19.1 Å². The smallest absolute Gasteiger partial charge is 0.320 e. The topological polar surface area (TPSA) is 52.6 Å². The van der Waals surface area contributed by atoms with E-state index in [-0.39, 0.29) is 5.92 Å². The molecule has 0 heterocycles. The van der Waals surface area contributed by atoms with Crippen LogP contribution in [0.1, 0.15) is 44.9 Å². The van der Waals surface area contributed by atoms with Crippen molar-refractivity contribution in [2.45, 2.75) is 44.9 Å². The molecule has 2 aliphatic carbocycles. The second-order valence-electron chi connectivity index (χ2n) is 5.83. The average molecular weight is 268 g/mol. The molecule has 3 unspecified atom stereocenters. The lowest BCUT2D eigenvalue weighted by molar-refractivity contribution is -0.164. The molecule has 0 amide bonds. The van der Waals surface area contributed by atoms with Gasteiger partial charge in [0.25, 0.3) is 0 Å². The molecular weight excluding hydrogens is 244 g/mol. The second-order valence-corrected chi connectivity index (χ2v) is 5.83. The average Bonchev–Trinajstić information content (AvgIpc) is 2.47. The minimum Gasteiger partial charge on any atom is -0.468 e. The molecule has 108 valence electrons. The van der Waals surface area contributed by atoms with Crippen molar-refractivity contribution in [1.29, 1.82) is 0 Å². The summed E-state index contributed by atoms with van der Waals surface area (Å²) in [5.41, 5.74) is 0. The van der Waals surface area contributed by atoms with E-state index >= 15 is 0 Å². The van der Waals surface area contributed by atoms with E-state index in [4.69, 9.17) is 9.47 Å². The predicted molar refractivity (Wildman–Crippen MR) is 70.3 cm³/mol. The maximum absolute atomic E-state index is 12.0. The molecule has 4 heteroatoms. The zero-order valence-electron chi connectivity index (χ0n) is 11.9. The van der Waals surface area contributed by atoms with Crippen LogP contribution in [-0.4, -0.2) is 26.2 Å². The summed E-state index contributed by atoms with van der Waals surface area (Å²) < 4.78 is 9.66. The molecule has 0 aromatic carbocycles. The van der Waals surface area contributed by atoms with E-state index in [1.54, 1.807) is 0 Å². The van der Waals surface area contributed by atoms with Crippen LogP contribution in [0.25, 0.3) is 0 Å². The molecule has 3 atom stereocenters. The Bertz CT molecular complexity index is 321. The molecule has 2 rings (SSSR count). The number of carbonyl (C=O) groups is 2. The highest BCUT2D eigenvalue weighted by Gasteiger charge is 2.45. The number of ether oxygens (including phenoxy) is 2. The molecule has 0 N–H and O–H groups in total. The number of hydrogen-bond donors (Lipinski definition) is 0. The third kappa shape index (κ3) is 2.93. The van der Waals surface area contributed by atoms with Crippen LogP contribution in [0.4, 0.5) is 0 Å².